The van der Waals surface area contributed by atoms with Crippen molar-refractivity contribution in [3.05, 3.63) is 24.3 Å². The highest BCUT2D eigenvalue weighted by Gasteiger charge is 2.20. The maximum absolute atomic E-state index is 11.8. The normalized spacial score (nSPS) is 11.9. The van der Waals surface area contributed by atoms with Gasteiger partial charge in [0.2, 0.25) is 0 Å². The van der Waals surface area contributed by atoms with E-state index in [-0.39, 0.29) is 6.54 Å². The number of carbonyl (C=O) groups is 2. The smallest absolute Gasteiger partial charge is 0.413 e. The average Bonchev–Trinajstić information content (AvgIpc) is 3.17. The Hall–Kier alpha value is -2.68. The predicted octanol–water partition coefficient (Wildman–Crippen LogP) is 0.00710. The van der Waals surface area contributed by atoms with Gasteiger partial charge in [-0.1, -0.05) is 6.92 Å². The molecule has 0 aliphatic heterocycles. The van der Waals surface area contributed by atoms with Crippen molar-refractivity contribution in [1.82, 2.24) is 15.5 Å². The van der Waals surface area contributed by atoms with Gasteiger partial charge < -0.3 is 18.5 Å². The second-order valence-electron chi connectivity index (χ2n) is 4.87. The van der Waals surface area contributed by atoms with Gasteiger partial charge in [0.1, 0.15) is 0 Å². The first-order chi connectivity index (χ1) is 11.1. The molecule has 0 bridgehead atoms. The lowest BCUT2D eigenvalue weighted by atomic mass is 10.3. The van der Waals surface area contributed by atoms with Gasteiger partial charge >= 0.3 is 6.09 Å². The zero-order valence-corrected chi connectivity index (χ0v) is 13.0. The molecular formula is C14H19N4O5+. The molecule has 0 aromatic carbocycles. The Morgan fingerprint density at radius 3 is 2.87 bits per heavy atom. The number of nitrogens with zero attached hydrogens (tertiary/aromatic N) is 2. The molecule has 2 aromatic heterocycles. The van der Waals surface area contributed by atoms with Gasteiger partial charge in [0.25, 0.3) is 17.7 Å². The summed E-state index contributed by atoms with van der Waals surface area (Å²) in [5, 5.41) is 10.0. The van der Waals surface area contributed by atoms with E-state index in [4.69, 9.17) is 8.83 Å². The van der Waals surface area contributed by atoms with Gasteiger partial charge in [-0.15, -0.1) is 10.2 Å². The number of hydrogen-bond donors (Lipinski definition) is 2. The van der Waals surface area contributed by atoms with Crippen molar-refractivity contribution < 1.29 is 28.1 Å². The highest BCUT2D eigenvalue weighted by molar-refractivity contribution is 5.92. The number of amides is 2. The zero-order valence-electron chi connectivity index (χ0n) is 13.0. The summed E-state index contributed by atoms with van der Waals surface area (Å²) in [7, 11) is 1.20. The molecule has 2 amide bonds. The van der Waals surface area contributed by atoms with Crippen LogP contribution in [0.5, 0.6) is 0 Å². The fourth-order valence-electron chi connectivity index (χ4n) is 2.07. The van der Waals surface area contributed by atoms with Crippen LogP contribution in [0.3, 0.4) is 0 Å². The molecular weight excluding hydrogens is 304 g/mol. The highest BCUT2D eigenvalue weighted by Crippen LogP contribution is 2.17. The lowest BCUT2D eigenvalue weighted by Crippen LogP contribution is -3.12. The number of rotatable bonds is 7. The van der Waals surface area contributed by atoms with Gasteiger partial charge in [-0.05, 0) is 18.6 Å². The Morgan fingerprint density at radius 1 is 1.39 bits per heavy atom. The molecule has 0 spiro atoms. The molecule has 0 fully saturated rings. The molecule has 0 saturated heterocycles. The molecule has 0 saturated carbocycles. The zero-order chi connectivity index (χ0) is 16.7. The molecule has 124 valence electrons. The second kappa shape index (κ2) is 8.08. The van der Waals surface area contributed by atoms with Crippen molar-refractivity contribution >= 4 is 12.0 Å². The van der Waals surface area contributed by atoms with E-state index >= 15 is 0 Å². The first-order valence-corrected chi connectivity index (χ1v) is 7.20. The van der Waals surface area contributed by atoms with Crippen LogP contribution in [0.2, 0.25) is 0 Å². The van der Waals surface area contributed by atoms with Gasteiger partial charge in [-0.3, -0.25) is 10.1 Å². The molecule has 0 aliphatic rings. The molecule has 9 nitrogen and oxygen atoms in total. The van der Waals surface area contributed by atoms with Gasteiger partial charge in [-0.25, -0.2) is 4.79 Å². The number of ether oxygens (including phenoxy) is 1. The number of nitrogens with one attached hydrogen (secondary N) is 2. The summed E-state index contributed by atoms with van der Waals surface area (Å²) in [5.41, 5.74) is 0. The molecule has 2 aromatic rings. The van der Waals surface area contributed by atoms with Gasteiger partial charge in [0.05, 0.1) is 19.9 Å². The first-order valence-electron chi connectivity index (χ1n) is 7.20. The summed E-state index contributed by atoms with van der Waals surface area (Å²) >= 11 is 0. The molecule has 2 heterocycles. The largest absolute Gasteiger partial charge is 0.459 e. The third-order valence-corrected chi connectivity index (χ3v) is 3.04. The van der Waals surface area contributed by atoms with E-state index in [1.807, 2.05) is 6.92 Å². The van der Waals surface area contributed by atoms with E-state index in [0.717, 1.165) is 11.3 Å². The van der Waals surface area contributed by atoms with E-state index in [0.29, 0.717) is 30.6 Å². The van der Waals surface area contributed by atoms with Crippen molar-refractivity contribution in [3.8, 4) is 11.7 Å². The Balaban J connectivity index is 1.96. The summed E-state index contributed by atoms with van der Waals surface area (Å²) < 4.78 is 15.1. The molecule has 1 atom stereocenters. The Bertz CT molecular complexity index is 637. The van der Waals surface area contributed by atoms with Crippen LogP contribution in [-0.2, 0) is 16.1 Å². The van der Waals surface area contributed by atoms with Crippen LogP contribution in [0, 0.1) is 0 Å². The summed E-state index contributed by atoms with van der Waals surface area (Å²) in [6, 6.07) is 3.45. The molecule has 23 heavy (non-hydrogen) atoms. The highest BCUT2D eigenvalue weighted by atomic mass is 16.5. The summed E-state index contributed by atoms with van der Waals surface area (Å²) in [5.74, 6) is 0.751. The average molecular weight is 323 g/mol. The van der Waals surface area contributed by atoms with Gasteiger partial charge in [0, 0.05) is 0 Å². The number of methoxy groups -OCH3 is 1. The van der Waals surface area contributed by atoms with Crippen LogP contribution < -0.4 is 10.2 Å². The van der Waals surface area contributed by atoms with Crippen LogP contribution in [-0.4, -0.2) is 42.4 Å². The fourth-order valence-corrected chi connectivity index (χ4v) is 2.07. The number of imide groups is 1. The van der Waals surface area contributed by atoms with E-state index in [2.05, 4.69) is 20.3 Å². The molecule has 0 radical (unpaired) electrons. The number of hydrogen-bond acceptors (Lipinski definition) is 7. The minimum Gasteiger partial charge on any atom is -0.459 e. The third-order valence-electron chi connectivity index (χ3n) is 3.04. The van der Waals surface area contributed by atoms with Crippen molar-refractivity contribution in [2.75, 3.05) is 20.2 Å². The fraction of sp³-hybridized carbons (Fsp3) is 0.429. The summed E-state index contributed by atoms with van der Waals surface area (Å²) in [6.07, 6.45) is 1.61. The standard InChI is InChI=1S/C14H18N4O5/c1-3-6-18(8-11(19)15-14(20)21-2)9-12-16-17-13(23-12)10-5-4-7-22-10/h4-5,7H,3,6,8-9H2,1-2H3,(H,15,19,20)/p+1. The number of alkyl carbamates (subject to hydrolysis) is 1. The number of aromatic nitrogens is 2. The van der Waals surface area contributed by atoms with Gasteiger partial charge in [0.15, 0.2) is 18.8 Å². The van der Waals surface area contributed by atoms with Crippen molar-refractivity contribution in [1.29, 1.82) is 0 Å². The predicted molar refractivity (Wildman–Crippen MR) is 77.2 cm³/mol. The third kappa shape index (κ3) is 4.92. The number of carbonyl (C=O) groups excluding carboxylic acids is 2. The molecule has 2 N–H and O–H groups in total. The Kier molecular flexibility index (Phi) is 5.87. The first kappa shape index (κ1) is 16.7. The molecule has 2 rings (SSSR count). The van der Waals surface area contributed by atoms with Crippen LogP contribution in [0.1, 0.15) is 19.2 Å². The monoisotopic (exact) mass is 323 g/mol. The van der Waals surface area contributed by atoms with Crippen LogP contribution in [0.15, 0.2) is 27.2 Å². The van der Waals surface area contributed by atoms with Crippen LogP contribution >= 0.6 is 0 Å². The lowest BCUT2D eigenvalue weighted by Gasteiger charge is -2.15. The topological polar surface area (TPSA) is 112 Å². The Labute approximate surface area is 132 Å². The van der Waals surface area contributed by atoms with E-state index in [9.17, 15) is 9.59 Å². The Morgan fingerprint density at radius 2 is 2.22 bits per heavy atom. The summed E-state index contributed by atoms with van der Waals surface area (Å²) in [4.78, 5) is 23.7. The number of quaternary nitrogens is 1. The molecule has 9 heteroatoms. The minimum absolute atomic E-state index is 0.0986. The molecule has 0 aliphatic carbocycles. The summed E-state index contributed by atoms with van der Waals surface area (Å²) in [6.45, 7) is 3.19. The van der Waals surface area contributed by atoms with Gasteiger partial charge in [-0.2, -0.15) is 0 Å². The van der Waals surface area contributed by atoms with E-state index < -0.39 is 12.0 Å². The van der Waals surface area contributed by atoms with Crippen molar-refractivity contribution in [2.45, 2.75) is 19.9 Å². The SMILES string of the molecule is CCC[NH+](CC(=O)NC(=O)OC)Cc1nnc(-c2ccco2)o1. The molecule has 1 unspecified atom stereocenters. The lowest BCUT2D eigenvalue weighted by molar-refractivity contribution is -0.907. The van der Waals surface area contributed by atoms with E-state index in [1.54, 1.807) is 12.1 Å². The maximum atomic E-state index is 11.8. The number of furan rings is 1. The van der Waals surface area contributed by atoms with E-state index in [1.165, 1.54) is 13.4 Å². The van der Waals surface area contributed by atoms with Crippen LogP contribution in [0.25, 0.3) is 11.7 Å². The quantitative estimate of drug-likeness (QED) is 0.738. The maximum Gasteiger partial charge on any atom is 0.413 e. The second-order valence-corrected chi connectivity index (χ2v) is 4.87. The minimum atomic E-state index is -0.774. The van der Waals surface area contributed by atoms with Crippen molar-refractivity contribution in [2.24, 2.45) is 0 Å². The van der Waals surface area contributed by atoms with Crippen molar-refractivity contribution in [3.63, 3.8) is 0 Å². The van der Waals surface area contributed by atoms with Crippen LogP contribution in [0.4, 0.5) is 4.79 Å².